The quantitative estimate of drug-likeness (QED) is 0.540. The third-order valence-corrected chi connectivity index (χ3v) is 4.46. The topological polar surface area (TPSA) is 90.0 Å². The molecule has 0 unspecified atom stereocenters. The second-order valence-corrected chi connectivity index (χ2v) is 6.43. The smallest absolute Gasteiger partial charge is 0.344 e. The number of nitrogens with zero attached hydrogens (tertiary/aromatic N) is 1. The van der Waals surface area contributed by atoms with Gasteiger partial charge in [0.15, 0.2) is 24.8 Å². The lowest BCUT2D eigenvalue weighted by atomic mass is 10.1. The van der Waals surface area contributed by atoms with Crippen LogP contribution in [-0.4, -0.2) is 43.7 Å². The van der Waals surface area contributed by atoms with Gasteiger partial charge in [-0.25, -0.2) is 4.79 Å². The molecule has 0 atom stereocenters. The minimum atomic E-state index is -0.680. The minimum Gasteiger partial charge on any atom is -0.482 e. The Hall–Kier alpha value is -3.48. The Morgan fingerprint density at radius 2 is 1.68 bits per heavy atom. The molecule has 0 radical (unpaired) electrons. The van der Waals surface area contributed by atoms with Crippen LogP contribution in [0.2, 0.25) is 0 Å². The highest BCUT2D eigenvalue weighted by atomic mass is 16.6. The van der Waals surface area contributed by atoms with Crippen molar-refractivity contribution in [2.45, 2.75) is 13.3 Å². The first kappa shape index (κ1) is 19.3. The van der Waals surface area contributed by atoms with E-state index in [-0.39, 0.29) is 30.5 Å². The van der Waals surface area contributed by atoms with Gasteiger partial charge in [0.2, 0.25) is 5.91 Å². The Bertz CT molecular complexity index is 948. The summed E-state index contributed by atoms with van der Waals surface area (Å²) in [6.07, 6.45) is 0.253. The Morgan fingerprint density at radius 1 is 1.00 bits per heavy atom. The monoisotopic (exact) mass is 381 g/mol. The van der Waals surface area contributed by atoms with Crippen molar-refractivity contribution in [3.63, 3.8) is 0 Å². The molecule has 7 heteroatoms. The van der Waals surface area contributed by atoms with Gasteiger partial charge in [-0.2, -0.15) is 0 Å². The summed E-state index contributed by atoms with van der Waals surface area (Å²) in [5.74, 6) is -0.712. The molecule has 3 rings (SSSR count). The van der Waals surface area contributed by atoms with Crippen LogP contribution in [0.3, 0.4) is 0 Å². The van der Waals surface area contributed by atoms with Crippen LogP contribution in [0.5, 0.6) is 5.75 Å². The molecule has 0 aliphatic carbocycles. The second kappa shape index (κ2) is 8.04. The van der Waals surface area contributed by atoms with Crippen LogP contribution in [0.1, 0.15) is 33.2 Å². The van der Waals surface area contributed by atoms with Crippen LogP contribution < -0.4 is 9.64 Å². The summed E-state index contributed by atoms with van der Waals surface area (Å²) < 4.78 is 10.2. The van der Waals surface area contributed by atoms with Crippen molar-refractivity contribution in [3.8, 4) is 5.75 Å². The molecule has 2 aromatic carbocycles. The lowest BCUT2D eigenvalue weighted by Gasteiger charge is -2.10. The predicted octanol–water partition coefficient (Wildman–Crippen LogP) is 2.21. The molecule has 1 aliphatic heterocycles. The number of benzene rings is 2. The van der Waals surface area contributed by atoms with E-state index in [0.717, 1.165) is 11.3 Å². The summed E-state index contributed by atoms with van der Waals surface area (Å²) in [6, 6.07) is 11.3. The first-order valence-electron chi connectivity index (χ1n) is 8.67. The number of amides is 1. The summed E-state index contributed by atoms with van der Waals surface area (Å²) in [4.78, 5) is 48.5. The number of esters is 1. The van der Waals surface area contributed by atoms with Crippen molar-refractivity contribution < 1.29 is 28.7 Å². The molecule has 144 valence electrons. The van der Waals surface area contributed by atoms with Crippen molar-refractivity contribution >= 4 is 29.1 Å². The number of hydrogen-bond donors (Lipinski definition) is 0. The first-order chi connectivity index (χ1) is 13.3. The fourth-order valence-electron chi connectivity index (χ4n) is 2.84. The molecular weight excluding hydrogens is 362 g/mol. The van der Waals surface area contributed by atoms with E-state index in [0.29, 0.717) is 16.9 Å². The minimum absolute atomic E-state index is 0.0282. The molecule has 0 saturated heterocycles. The van der Waals surface area contributed by atoms with Crippen molar-refractivity contribution in [2.24, 2.45) is 0 Å². The summed E-state index contributed by atoms with van der Waals surface area (Å²) in [6.45, 7) is 0.700. The summed E-state index contributed by atoms with van der Waals surface area (Å²) in [5.41, 5.74) is 2.49. The fraction of sp³-hybridized carbons (Fsp3) is 0.238. The maximum absolute atomic E-state index is 12.2. The zero-order valence-corrected chi connectivity index (χ0v) is 15.6. The predicted molar refractivity (Wildman–Crippen MR) is 101 cm³/mol. The number of rotatable bonds is 7. The number of carbonyl (C=O) groups excluding carboxylic acids is 4. The number of fused-ring (bicyclic) bond motifs is 1. The third-order valence-electron chi connectivity index (χ3n) is 4.46. The highest BCUT2D eigenvalue weighted by Gasteiger charge is 2.25. The molecule has 0 saturated carbocycles. The maximum atomic E-state index is 12.2. The van der Waals surface area contributed by atoms with E-state index >= 15 is 0 Å². The van der Waals surface area contributed by atoms with Gasteiger partial charge >= 0.3 is 5.97 Å². The average Bonchev–Trinajstić information content (AvgIpc) is 2.98. The van der Waals surface area contributed by atoms with E-state index < -0.39 is 12.6 Å². The molecule has 0 spiro atoms. The molecule has 28 heavy (non-hydrogen) atoms. The number of ketones is 2. The van der Waals surface area contributed by atoms with E-state index in [1.165, 1.54) is 6.92 Å². The Labute approximate surface area is 161 Å². The molecular formula is C21H19NO6. The van der Waals surface area contributed by atoms with Gasteiger partial charge in [-0.3, -0.25) is 14.4 Å². The van der Waals surface area contributed by atoms with Gasteiger partial charge in [-0.05, 0) is 55.0 Å². The highest BCUT2D eigenvalue weighted by molar-refractivity contribution is 6.04. The van der Waals surface area contributed by atoms with E-state index in [1.807, 2.05) is 0 Å². The third kappa shape index (κ3) is 4.25. The number of likely N-dealkylation sites (N-methyl/N-ethyl adjacent to an activating group) is 1. The summed E-state index contributed by atoms with van der Waals surface area (Å²) in [5, 5.41) is 0. The molecule has 7 nitrogen and oxygen atoms in total. The zero-order chi connectivity index (χ0) is 20.3. The van der Waals surface area contributed by atoms with E-state index in [9.17, 15) is 19.2 Å². The largest absolute Gasteiger partial charge is 0.482 e. The van der Waals surface area contributed by atoms with Gasteiger partial charge in [-0.1, -0.05) is 0 Å². The molecule has 0 bridgehead atoms. The van der Waals surface area contributed by atoms with Gasteiger partial charge in [0.05, 0.1) is 6.42 Å². The molecule has 0 fully saturated rings. The molecule has 1 aliphatic rings. The first-order valence-corrected chi connectivity index (χ1v) is 8.67. The Balaban J connectivity index is 1.49. The normalized spacial score (nSPS) is 12.5. The van der Waals surface area contributed by atoms with Crippen molar-refractivity contribution in [1.82, 2.24) is 0 Å². The van der Waals surface area contributed by atoms with Crippen molar-refractivity contribution in [3.05, 3.63) is 59.2 Å². The highest BCUT2D eigenvalue weighted by Crippen LogP contribution is 2.28. The molecule has 1 heterocycles. The van der Waals surface area contributed by atoms with E-state index in [1.54, 1.807) is 54.4 Å². The van der Waals surface area contributed by atoms with Gasteiger partial charge in [0.1, 0.15) is 5.75 Å². The standard InChI is InChI=1S/C21H19NO6/c1-13(23)14-3-6-17(7-4-14)27-12-21(26)28-11-19(24)15-5-8-18-16(9-15)10-20(25)22(18)2/h3-9H,10-12H2,1-2H3. The van der Waals surface area contributed by atoms with Gasteiger partial charge < -0.3 is 14.4 Å². The molecule has 1 amide bonds. The van der Waals surface area contributed by atoms with E-state index in [2.05, 4.69) is 0 Å². The number of Topliss-reactive ketones (excluding diaryl/α,β-unsaturated/α-hetero) is 2. The number of ether oxygens (including phenoxy) is 2. The van der Waals surface area contributed by atoms with Crippen LogP contribution in [0.4, 0.5) is 5.69 Å². The maximum Gasteiger partial charge on any atom is 0.344 e. The number of hydrogen-bond acceptors (Lipinski definition) is 6. The van der Waals surface area contributed by atoms with Crippen molar-refractivity contribution in [1.29, 1.82) is 0 Å². The van der Waals surface area contributed by atoms with E-state index in [4.69, 9.17) is 9.47 Å². The molecule has 0 aromatic heterocycles. The number of carbonyl (C=O) groups is 4. The average molecular weight is 381 g/mol. The molecule has 2 aromatic rings. The zero-order valence-electron chi connectivity index (χ0n) is 15.6. The van der Waals surface area contributed by atoms with Crippen LogP contribution >= 0.6 is 0 Å². The van der Waals surface area contributed by atoms with Crippen LogP contribution in [0, 0.1) is 0 Å². The summed E-state index contributed by atoms with van der Waals surface area (Å²) in [7, 11) is 1.69. The van der Waals surface area contributed by atoms with Crippen LogP contribution in [-0.2, 0) is 20.7 Å². The number of anilines is 1. The lowest BCUT2D eigenvalue weighted by Crippen LogP contribution is -2.20. The Kier molecular flexibility index (Phi) is 5.54. The van der Waals surface area contributed by atoms with Crippen LogP contribution in [0.15, 0.2) is 42.5 Å². The Morgan fingerprint density at radius 3 is 2.36 bits per heavy atom. The van der Waals surface area contributed by atoms with Gasteiger partial charge in [-0.15, -0.1) is 0 Å². The van der Waals surface area contributed by atoms with Gasteiger partial charge in [0, 0.05) is 23.9 Å². The van der Waals surface area contributed by atoms with Crippen LogP contribution in [0.25, 0.3) is 0 Å². The lowest BCUT2D eigenvalue weighted by molar-refractivity contribution is -0.144. The molecule has 0 N–H and O–H groups in total. The SMILES string of the molecule is CC(=O)c1ccc(OCC(=O)OCC(=O)c2ccc3c(c2)CC(=O)N3C)cc1. The fourth-order valence-corrected chi connectivity index (χ4v) is 2.84. The second-order valence-electron chi connectivity index (χ2n) is 6.43. The summed E-state index contributed by atoms with van der Waals surface area (Å²) >= 11 is 0. The van der Waals surface area contributed by atoms with Gasteiger partial charge in [0.25, 0.3) is 0 Å². The van der Waals surface area contributed by atoms with Crippen molar-refractivity contribution in [2.75, 3.05) is 25.2 Å².